The molecule has 0 amide bonds. The van der Waals surface area contributed by atoms with Crippen molar-refractivity contribution < 1.29 is 14.5 Å². The number of para-hydroxylation sites is 1. The second kappa shape index (κ2) is 5.09. The first-order valence-electron chi connectivity index (χ1n) is 5.83. The molecule has 2 unspecified atom stereocenters. The van der Waals surface area contributed by atoms with E-state index in [0.717, 1.165) is 23.6 Å². The Morgan fingerprint density at radius 1 is 1.42 bits per heavy atom. The Labute approximate surface area is 109 Å². The lowest BCUT2D eigenvalue weighted by atomic mass is 9.93. The van der Waals surface area contributed by atoms with Crippen molar-refractivity contribution in [3.63, 3.8) is 0 Å². The van der Waals surface area contributed by atoms with Gasteiger partial charge in [-0.05, 0) is 11.6 Å². The number of aromatic nitrogens is 1. The first kappa shape index (κ1) is 13.1. The van der Waals surface area contributed by atoms with E-state index in [0.29, 0.717) is 0 Å². The minimum absolute atomic E-state index is 0.571. The number of benzene rings is 1. The van der Waals surface area contributed by atoms with Crippen molar-refractivity contribution in [3.05, 3.63) is 46.1 Å². The molecule has 1 aromatic heterocycles. The molecular weight excluding hydrogens is 248 g/mol. The molecular formula is C13H14N2O4. The van der Waals surface area contributed by atoms with Crippen LogP contribution >= 0.6 is 0 Å². The summed E-state index contributed by atoms with van der Waals surface area (Å²) < 4.78 is 4.51. The van der Waals surface area contributed by atoms with Gasteiger partial charge in [0.1, 0.15) is 0 Å². The molecule has 1 N–H and O–H groups in total. The number of hydrogen-bond donors (Lipinski definition) is 1. The van der Waals surface area contributed by atoms with Gasteiger partial charge in [0.15, 0.2) is 0 Å². The van der Waals surface area contributed by atoms with E-state index in [9.17, 15) is 14.9 Å². The van der Waals surface area contributed by atoms with Crippen molar-refractivity contribution in [2.24, 2.45) is 0 Å². The topological polar surface area (TPSA) is 85.2 Å². The zero-order chi connectivity index (χ0) is 14.0. The van der Waals surface area contributed by atoms with Crippen LogP contribution in [0.5, 0.6) is 0 Å². The average molecular weight is 262 g/mol. The maximum absolute atomic E-state index is 11.6. The Bertz CT molecular complexity index is 620. The van der Waals surface area contributed by atoms with Gasteiger partial charge < -0.3 is 9.72 Å². The predicted molar refractivity (Wildman–Crippen MR) is 69.5 cm³/mol. The van der Waals surface area contributed by atoms with Crippen LogP contribution < -0.4 is 0 Å². The van der Waals surface area contributed by atoms with Gasteiger partial charge >= 0.3 is 12.0 Å². The molecule has 2 atom stereocenters. The Balaban J connectivity index is 2.44. The molecule has 6 heteroatoms. The third-order valence-corrected chi connectivity index (χ3v) is 3.26. The normalized spacial score (nSPS) is 14.0. The molecule has 2 rings (SSSR count). The molecule has 0 saturated carbocycles. The van der Waals surface area contributed by atoms with E-state index in [4.69, 9.17) is 0 Å². The number of nitro groups is 1. The number of H-pyrrole nitrogens is 1. The molecule has 1 heterocycles. The van der Waals surface area contributed by atoms with Crippen LogP contribution in [-0.2, 0) is 9.53 Å². The van der Waals surface area contributed by atoms with Gasteiger partial charge in [-0.25, -0.2) is 4.79 Å². The zero-order valence-electron chi connectivity index (χ0n) is 10.6. The van der Waals surface area contributed by atoms with Crippen molar-refractivity contribution in [2.45, 2.75) is 18.9 Å². The highest BCUT2D eigenvalue weighted by Gasteiger charge is 2.38. The number of nitrogens with zero attached hydrogens (tertiary/aromatic N) is 1. The number of hydrogen-bond acceptors (Lipinski definition) is 4. The van der Waals surface area contributed by atoms with E-state index in [2.05, 4.69) is 9.72 Å². The van der Waals surface area contributed by atoms with Crippen molar-refractivity contribution in [1.82, 2.24) is 4.98 Å². The standard InChI is InChI=1S/C13H14N2O4/c1-8(12(15(17)18)13(16)19-2)10-7-14-11-6-4-3-5-9(10)11/h3-8,12,14H,1-2H3. The SMILES string of the molecule is COC(=O)C(C(C)c1c[nH]c2ccccc12)[N+](=O)[O-]. The summed E-state index contributed by atoms with van der Waals surface area (Å²) in [7, 11) is 1.15. The quantitative estimate of drug-likeness (QED) is 0.519. The first-order chi connectivity index (χ1) is 9.06. The summed E-state index contributed by atoms with van der Waals surface area (Å²) in [5.74, 6) is -1.40. The smallest absolute Gasteiger partial charge is 0.382 e. The van der Waals surface area contributed by atoms with Gasteiger partial charge in [0, 0.05) is 22.0 Å². The Kier molecular flexibility index (Phi) is 3.50. The molecule has 19 heavy (non-hydrogen) atoms. The molecule has 100 valence electrons. The number of ether oxygens (including phenoxy) is 1. The lowest BCUT2D eigenvalue weighted by molar-refractivity contribution is -0.513. The van der Waals surface area contributed by atoms with Crippen LogP contribution in [0.15, 0.2) is 30.5 Å². The van der Waals surface area contributed by atoms with Gasteiger partial charge in [-0.2, -0.15) is 0 Å². The van der Waals surface area contributed by atoms with Crippen molar-refractivity contribution in [1.29, 1.82) is 0 Å². The molecule has 0 aliphatic carbocycles. The van der Waals surface area contributed by atoms with Crippen molar-refractivity contribution in [2.75, 3.05) is 7.11 Å². The van der Waals surface area contributed by atoms with E-state index in [1.165, 1.54) is 0 Å². The van der Waals surface area contributed by atoms with E-state index >= 15 is 0 Å². The molecule has 1 aromatic carbocycles. The van der Waals surface area contributed by atoms with Gasteiger partial charge in [-0.3, -0.25) is 10.1 Å². The van der Waals surface area contributed by atoms with Crippen LogP contribution in [0.1, 0.15) is 18.4 Å². The van der Waals surface area contributed by atoms with E-state index in [-0.39, 0.29) is 0 Å². The number of carbonyl (C=O) groups is 1. The summed E-state index contributed by atoms with van der Waals surface area (Å²) in [5, 5.41) is 11.9. The van der Waals surface area contributed by atoms with Crippen LogP contribution in [0.2, 0.25) is 0 Å². The second-order valence-electron chi connectivity index (χ2n) is 4.33. The lowest BCUT2D eigenvalue weighted by Gasteiger charge is -2.14. The fraction of sp³-hybridized carbons (Fsp3) is 0.308. The summed E-state index contributed by atoms with van der Waals surface area (Å²) >= 11 is 0. The number of aromatic amines is 1. The first-order valence-corrected chi connectivity index (χ1v) is 5.83. The minimum Gasteiger partial charge on any atom is -0.464 e. The Morgan fingerprint density at radius 2 is 2.11 bits per heavy atom. The highest BCUT2D eigenvalue weighted by Crippen LogP contribution is 2.29. The summed E-state index contributed by atoms with van der Waals surface area (Å²) in [5.41, 5.74) is 1.62. The minimum atomic E-state index is -1.40. The predicted octanol–water partition coefficient (Wildman–Crippen LogP) is 2.09. The van der Waals surface area contributed by atoms with Crippen LogP contribution in [-0.4, -0.2) is 29.0 Å². The summed E-state index contributed by atoms with van der Waals surface area (Å²) in [6, 6.07) is 6.07. The van der Waals surface area contributed by atoms with Crippen LogP contribution in [0.25, 0.3) is 10.9 Å². The van der Waals surface area contributed by atoms with E-state index in [1.54, 1.807) is 13.1 Å². The number of nitrogens with one attached hydrogen (secondary N) is 1. The van der Waals surface area contributed by atoms with Gasteiger partial charge in [0.2, 0.25) is 0 Å². The monoisotopic (exact) mass is 262 g/mol. The largest absolute Gasteiger partial charge is 0.464 e. The lowest BCUT2D eigenvalue weighted by Crippen LogP contribution is -2.35. The van der Waals surface area contributed by atoms with Gasteiger partial charge in [0.05, 0.1) is 13.0 Å². The summed E-state index contributed by atoms with van der Waals surface area (Å²) in [4.78, 5) is 25.1. The van der Waals surface area contributed by atoms with Crippen LogP contribution in [0.4, 0.5) is 0 Å². The van der Waals surface area contributed by atoms with Crippen LogP contribution in [0.3, 0.4) is 0 Å². The van der Waals surface area contributed by atoms with E-state index in [1.807, 2.05) is 24.3 Å². The fourth-order valence-corrected chi connectivity index (χ4v) is 2.23. The number of methoxy groups -OCH3 is 1. The Hall–Kier alpha value is -2.37. The van der Waals surface area contributed by atoms with Gasteiger partial charge in [-0.1, -0.05) is 25.1 Å². The molecule has 0 radical (unpaired) electrons. The maximum atomic E-state index is 11.6. The van der Waals surface area contributed by atoms with Crippen LogP contribution in [0, 0.1) is 10.1 Å². The van der Waals surface area contributed by atoms with Gasteiger partial charge in [0.25, 0.3) is 0 Å². The number of carbonyl (C=O) groups excluding carboxylic acids is 1. The second-order valence-corrected chi connectivity index (χ2v) is 4.33. The molecule has 0 fully saturated rings. The van der Waals surface area contributed by atoms with Gasteiger partial charge in [-0.15, -0.1) is 0 Å². The van der Waals surface area contributed by atoms with Crippen molar-refractivity contribution >= 4 is 16.9 Å². The summed E-state index contributed by atoms with van der Waals surface area (Å²) in [6.45, 7) is 1.65. The number of fused-ring (bicyclic) bond motifs is 1. The maximum Gasteiger partial charge on any atom is 0.382 e. The zero-order valence-corrected chi connectivity index (χ0v) is 10.6. The van der Waals surface area contributed by atoms with Crippen molar-refractivity contribution in [3.8, 4) is 0 Å². The third-order valence-electron chi connectivity index (χ3n) is 3.26. The highest BCUT2D eigenvalue weighted by atomic mass is 16.6. The van der Waals surface area contributed by atoms with E-state index < -0.39 is 22.9 Å². The average Bonchev–Trinajstić information content (AvgIpc) is 2.81. The molecule has 0 saturated heterocycles. The summed E-state index contributed by atoms with van der Waals surface area (Å²) in [6.07, 6.45) is 1.70. The molecule has 2 aromatic rings. The number of rotatable bonds is 4. The fourth-order valence-electron chi connectivity index (χ4n) is 2.23. The number of esters is 1. The molecule has 0 bridgehead atoms. The molecule has 0 aliphatic rings. The molecule has 6 nitrogen and oxygen atoms in total. The molecule has 0 aliphatic heterocycles. The Morgan fingerprint density at radius 3 is 2.74 bits per heavy atom. The third kappa shape index (κ3) is 2.29. The highest BCUT2D eigenvalue weighted by molar-refractivity contribution is 5.85. The molecule has 0 spiro atoms.